The summed E-state index contributed by atoms with van der Waals surface area (Å²) in [5.74, 6) is 0.844. The normalized spacial score (nSPS) is 15.8. The summed E-state index contributed by atoms with van der Waals surface area (Å²) in [5, 5.41) is 14.5. The fourth-order valence-electron chi connectivity index (χ4n) is 3.09. The Morgan fingerprint density at radius 2 is 2.17 bits per heavy atom. The van der Waals surface area contributed by atoms with Crippen molar-refractivity contribution >= 4 is 5.91 Å². The van der Waals surface area contributed by atoms with Crippen LogP contribution in [0.3, 0.4) is 0 Å². The average molecular weight is 334 g/mol. The van der Waals surface area contributed by atoms with Crippen LogP contribution in [0.5, 0.6) is 0 Å². The molecule has 130 valence electrons. The second-order valence-corrected chi connectivity index (χ2v) is 5.85. The van der Waals surface area contributed by atoms with Crippen LogP contribution >= 0.6 is 0 Å². The number of likely N-dealkylation sites (tertiary alicyclic amines) is 1. The van der Waals surface area contributed by atoms with E-state index < -0.39 is 0 Å². The Hall–Kier alpha value is -2.49. The molecule has 0 radical (unpaired) electrons. The van der Waals surface area contributed by atoms with Crippen molar-refractivity contribution in [1.82, 2.24) is 34.7 Å². The molecule has 0 aliphatic carbocycles. The average Bonchev–Trinajstić information content (AvgIpc) is 3.21. The van der Waals surface area contributed by atoms with Crippen LogP contribution in [0.15, 0.2) is 11.0 Å². The molecule has 10 heteroatoms. The first-order chi connectivity index (χ1) is 11.6. The van der Waals surface area contributed by atoms with Gasteiger partial charge >= 0.3 is 5.69 Å². The van der Waals surface area contributed by atoms with Crippen molar-refractivity contribution in [2.45, 2.75) is 38.8 Å². The van der Waals surface area contributed by atoms with Crippen molar-refractivity contribution in [3.63, 3.8) is 0 Å². The summed E-state index contributed by atoms with van der Waals surface area (Å²) in [6, 6.07) is 0. The maximum absolute atomic E-state index is 12.5. The SMILES string of the molecule is CCn1c(C2CCN(C(=O)c3cn(CCN)nn3)CC2)n[nH]c1=O. The lowest BCUT2D eigenvalue weighted by Gasteiger charge is -2.31. The number of nitrogens with one attached hydrogen (secondary N) is 1. The van der Waals surface area contributed by atoms with Gasteiger partial charge in [0.1, 0.15) is 5.82 Å². The number of nitrogens with zero attached hydrogens (tertiary/aromatic N) is 6. The molecular formula is C14H22N8O2. The molecule has 0 atom stereocenters. The number of aromatic amines is 1. The van der Waals surface area contributed by atoms with Crippen molar-refractivity contribution in [3.8, 4) is 0 Å². The standard InChI is InChI=1S/C14H22N8O2/c1-2-22-12(17-18-14(22)24)10-3-6-20(7-4-10)13(23)11-9-21(8-5-15)19-16-11/h9-10H,2-8,15H2,1H3,(H,18,24). The molecule has 0 spiro atoms. The first-order valence-corrected chi connectivity index (χ1v) is 8.18. The number of hydrogen-bond acceptors (Lipinski definition) is 6. The Bertz CT molecular complexity index is 753. The quantitative estimate of drug-likeness (QED) is 0.734. The second-order valence-electron chi connectivity index (χ2n) is 5.85. The van der Waals surface area contributed by atoms with Gasteiger partial charge in [0, 0.05) is 32.1 Å². The minimum Gasteiger partial charge on any atom is -0.337 e. The number of hydrogen-bond donors (Lipinski definition) is 2. The Morgan fingerprint density at radius 1 is 1.42 bits per heavy atom. The maximum Gasteiger partial charge on any atom is 0.343 e. The van der Waals surface area contributed by atoms with E-state index in [4.69, 9.17) is 5.73 Å². The molecule has 1 saturated heterocycles. The summed E-state index contributed by atoms with van der Waals surface area (Å²) >= 11 is 0. The molecule has 1 aliphatic heterocycles. The van der Waals surface area contributed by atoms with Crippen LogP contribution in [0.2, 0.25) is 0 Å². The van der Waals surface area contributed by atoms with Gasteiger partial charge < -0.3 is 10.6 Å². The first-order valence-electron chi connectivity index (χ1n) is 8.18. The van der Waals surface area contributed by atoms with Gasteiger partial charge in [-0.3, -0.25) is 14.0 Å². The Kier molecular flexibility index (Phi) is 4.74. The molecule has 0 aromatic carbocycles. The molecule has 3 heterocycles. The second kappa shape index (κ2) is 6.95. The van der Waals surface area contributed by atoms with Crippen molar-refractivity contribution < 1.29 is 4.79 Å². The number of aromatic nitrogens is 6. The third-order valence-electron chi connectivity index (χ3n) is 4.37. The van der Waals surface area contributed by atoms with Gasteiger partial charge in [-0.2, -0.15) is 5.10 Å². The number of H-pyrrole nitrogens is 1. The third-order valence-corrected chi connectivity index (χ3v) is 4.37. The van der Waals surface area contributed by atoms with Crippen LogP contribution in [-0.4, -0.2) is 60.2 Å². The molecule has 0 bridgehead atoms. The van der Waals surface area contributed by atoms with Crippen LogP contribution < -0.4 is 11.4 Å². The lowest BCUT2D eigenvalue weighted by molar-refractivity contribution is 0.0704. The predicted molar refractivity (Wildman–Crippen MR) is 85.5 cm³/mol. The highest BCUT2D eigenvalue weighted by Gasteiger charge is 2.28. The molecule has 24 heavy (non-hydrogen) atoms. The van der Waals surface area contributed by atoms with E-state index in [2.05, 4.69) is 20.5 Å². The molecule has 3 N–H and O–H groups in total. The number of rotatable bonds is 5. The summed E-state index contributed by atoms with van der Waals surface area (Å²) in [5.41, 5.74) is 5.63. The van der Waals surface area contributed by atoms with Crippen LogP contribution in [0.25, 0.3) is 0 Å². The van der Waals surface area contributed by atoms with E-state index in [0.717, 1.165) is 18.7 Å². The van der Waals surface area contributed by atoms with Gasteiger partial charge in [0.05, 0.1) is 12.7 Å². The third kappa shape index (κ3) is 3.09. The van der Waals surface area contributed by atoms with Crippen LogP contribution in [0.1, 0.15) is 42.0 Å². The summed E-state index contributed by atoms with van der Waals surface area (Å²) < 4.78 is 3.23. The van der Waals surface area contributed by atoms with Crippen LogP contribution in [0, 0.1) is 0 Å². The molecule has 1 aliphatic rings. The van der Waals surface area contributed by atoms with Gasteiger partial charge in [-0.25, -0.2) is 9.89 Å². The topological polar surface area (TPSA) is 128 Å². The zero-order chi connectivity index (χ0) is 17.1. The fraction of sp³-hybridized carbons (Fsp3) is 0.643. The summed E-state index contributed by atoms with van der Waals surface area (Å²) in [6.45, 7) is 4.72. The van der Waals surface area contributed by atoms with E-state index in [0.29, 0.717) is 38.4 Å². The lowest BCUT2D eigenvalue weighted by atomic mass is 9.95. The highest BCUT2D eigenvalue weighted by molar-refractivity contribution is 5.92. The zero-order valence-electron chi connectivity index (χ0n) is 13.7. The van der Waals surface area contributed by atoms with Crippen LogP contribution in [-0.2, 0) is 13.1 Å². The molecule has 2 aromatic rings. The summed E-state index contributed by atoms with van der Waals surface area (Å²) in [4.78, 5) is 25.9. The number of piperidine rings is 1. The predicted octanol–water partition coefficient (Wildman–Crippen LogP) is -0.839. The minimum atomic E-state index is -0.178. The molecular weight excluding hydrogens is 312 g/mol. The van der Waals surface area contributed by atoms with Crippen molar-refractivity contribution in [1.29, 1.82) is 0 Å². The Labute approximate surface area is 138 Å². The molecule has 0 saturated carbocycles. The highest BCUT2D eigenvalue weighted by Crippen LogP contribution is 2.26. The van der Waals surface area contributed by atoms with E-state index in [1.807, 2.05) is 6.92 Å². The maximum atomic E-state index is 12.5. The Morgan fingerprint density at radius 3 is 2.83 bits per heavy atom. The highest BCUT2D eigenvalue weighted by atomic mass is 16.2. The van der Waals surface area contributed by atoms with E-state index in [9.17, 15) is 9.59 Å². The number of nitrogens with two attached hydrogens (primary N) is 1. The molecule has 0 unspecified atom stereocenters. The molecule has 10 nitrogen and oxygen atoms in total. The molecule has 1 amide bonds. The van der Waals surface area contributed by atoms with Gasteiger partial charge in [-0.1, -0.05) is 5.21 Å². The van der Waals surface area contributed by atoms with Gasteiger partial charge in [-0.15, -0.1) is 5.10 Å². The molecule has 3 rings (SSSR count). The first kappa shape index (κ1) is 16.4. The molecule has 1 fully saturated rings. The van der Waals surface area contributed by atoms with E-state index in [-0.39, 0.29) is 17.5 Å². The summed E-state index contributed by atoms with van der Waals surface area (Å²) in [6.07, 6.45) is 3.17. The van der Waals surface area contributed by atoms with Crippen molar-refractivity contribution in [2.24, 2.45) is 5.73 Å². The number of carbonyl (C=O) groups is 1. The Balaban J connectivity index is 1.63. The zero-order valence-corrected chi connectivity index (χ0v) is 13.7. The lowest BCUT2D eigenvalue weighted by Crippen LogP contribution is -2.38. The van der Waals surface area contributed by atoms with Gasteiger partial charge in [0.15, 0.2) is 5.69 Å². The van der Waals surface area contributed by atoms with E-state index in [1.165, 1.54) is 0 Å². The number of carbonyl (C=O) groups excluding carboxylic acids is 1. The van der Waals surface area contributed by atoms with Gasteiger partial charge in [-0.05, 0) is 19.8 Å². The number of amides is 1. The summed E-state index contributed by atoms with van der Waals surface area (Å²) in [7, 11) is 0. The largest absolute Gasteiger partial charge is 0.343 e. The monoisotopic (exact) mass is 334 g/mol. The van der Waals surface area contributed by atoms with Crippen molar-refractivity contribution in [2.75, 3.05) is 19.6 Å². The fourth-order valence-corrected chi connectivity index (χ4v) is 3.09. The minimum absolute atomic E-state index is 0.119. The van der Waals surface area contributed by atoms with Gasteiger partial charge in [0.2, 0.25) is 0 Å². The van der Waals surface area contributed by atoms with Gasteiger partial charge in [0.25, 0.3) is 5.91 Å². The molecule has 2 aromatic heterocycles. The van der Waals surface area contributed by atoms with Crippen molar-refractivity contribution in [3.05, 3.63) is 28.2 Å². The van der Waals surface area contributed by atoms with E-state index >= 15 is 0 Å². The van der Waals surface area contributed by atoms with E-state index in [1.54, 1.807) is 20.3 Å². The van der Waals surface area contributed by atoms with Crippen LogP contribution in [0.4, 0.5) is 0 Å². The smallest absolute Gasteiger partial charge is 0.337 e.